The molecule has 0 radical (unpaired) electrons. The van der Waals surface area contributed by atoms with Gasteiger partial charge in [0.15, 0.2) is 0 Å². The van der Waals surface area contributed by atoms with Gasteiger partial charge in [-0.2, -0.15) is 0 Å². The van der Waals surface area contributed by atoms with Crippen LogP contribution >= 0.6 is 0 Å². The Kier molecular flexibility index (Phi) is 7.10. The maximum absolute atomic E-state index is 13.0. The number of rotatable bonds is 7. The molecule has 1 saturated heterocycles. The van der Waals surface area contributed by atoms with E-state index >= 15 is 0 Å². The maximum Gasteiger partial charge on any atom is 0.248 e. The number of hydrogen-bond acceptors (Lipinski definition) is 4. The van der Waals surface area contributed by atoms with Crippen LogP contribution in [-0.2, 0) is 16.0 Å². The number of halogens is 1. The molecule has 2 heterocycles. The van der Waals surface area contributed by atoms with Crippen molar-refractivity contribution in [3.63, 3.8) is 0 Å². The van der Waals surface area contributed by atoms with Crippen LogP contribution in [0.5, 0.6) is 0 Å². The minimum atomic E-state index is -0.471. The van der Waals surface area contributed by atoms with E-state index in [1.807, 2.05) is 35.2 Å². The molecular weight excluding hydrogens is 421 g/mol. The number of benzene rings is 2. The van der Waals surface area contributed by atoms with E-state index in [4.69, 9.17) is 15.5 Å². The highest BCUT2D eigenvalue weighted by Gasteiger charge is 2.26. The third kappa shape index (κ3) is 5.81. The zero-order valence-corrected chi connectivity index (χ0v) is 18.2. The van der Waals surface area contributed by atoms with Crippen LogP contribution in [0.2, 0.25) is 0 Å². The lowest BCUT2D eigenvalue weighted by Crippen LogP contribution is -2.42. The van der Waals surface area contributed by atoms with E-state index in [1.165, 1.54) is 12.1 Å². The molecule has 2 aromatic carbocycles. The Hall–Kier alpha value is -3.58. The van der Waals surface area contributed by atoms with Gasteiger partial charge in [0.1, 0.15) is 11.9 Å². The fourth-order valence-corrected chi connectivity index (χ4v) is 3.90. The van der Waals surface area contributed by atoms with Gasteiger partial charge < -0.3 is 15.4 Å². The number of aromatic nitrogens is 1. The Bertz CT molecular complexity index is 1120. The van der Waals surface area contributed by atoms with Gasteiger partial charge in [-0.05, 0) is 54.8 Å². The summed E-state index contributed by atoms with van der Waals surface area (Å²) in [6.07, 6.45) is 1.58. The van der Waals surface area contributed by atoms with Gasteiger partial charge in [-0.1, -0.05) is 30.3 Å². The summed E-state index contributed by atoms with van der Waals surface area (Å²) in [4.78, 5) is 30.6. The standard InChI is InChI=1S/C26H26FN3O3/c27-21-13-7-18(8-14-21)3-1-6-25(31)30-15-16-33-24(17-30)23-5-2-4-22(29-23)19-9-11-20(12-10-19)26(28)32/h2,4-5,7-14,24H,1,3,6,15-17H2,(H2,28,32)/t24-/m0/s1. The molecular formula is C26H26FN3O3. The lowest BCUT2D eigenvalue weighted by atomic mass is 10.1. The first-order valence-corrected chi connectivity index (χ1v) is 11.0. The third-order valence-electron chi connectivity index (χ3n) is 5.75. The molecule has 7 heteroatoms. The van der Waals surface area contributed by atoms with Crippen molar-refractivity contribution in [2.75, 3.05) is 19.7 Å². The van der Waals surface area contributed by atoms with E-state index in [0.717, 1.165) is 28.9 Å². The molecule has 3 aromatic rings. The van der Waals surface area contributed by atoms with E-state index < -0.39 is 5.91 Å². The zero-order chi connectivity index (χ0) is 23.2. The molecule has 0 aliphatic carbocycles. The second-order valence-electron chi connectivity index (χ2n) is 8.07. The van der Waals surface area contributed by atoms with Crippen molar-refractivity contribution in [2.24, 2.45) is 5.73 Å². The third-order valence-corrected chi connectivity index (χ3v) is 5.75. The highest BCUT2D eigenvalue weighted by Crippen LogP contribution is 2.25. The number of aryl methyl sites for hydroxylation is 1. The second kappa shape index (κ2) is 10.4. The van der Waals surface area contributed by atoms with Gasteiger partial charge in [-0.3, -0.25) is 9.59 Å². The van der Waals surface area contributed by atoms with Gasteiger partial charge >= 0.3 is 0 Å². The molecule has 1 aliphatic heterocycles. The van der Waals surface area contributed by atoms with Crippen molar-refractivity contribution in [2.45, 2.75) is 25.4 Å². The van der Waals surface area contributed by atoms with E-state index in [2.05, 4.69) is 0 Å². The van der Waals surface area contributed by atoms with E-state index in [1.54, 1.807) is 24.3 Å². The van der Waals surface area contributed by atoms with Crippen LogP contribution in [-0.4, -0.2) is 41.4 Å². The Labute approximate surface area is 192 Å². The molecule has 1 atom stereocenters. The maximum atomic E-state index is 13.0. The van der Waals surface area contributed by atoms with Gasteiger partial charge in [0.05, 0.1) is 24.5 Å². The number of primary amides is 1. The van der Waals surface area contributed by atoms with Gasteiger partial charge in [0.25, 0.3) is 0 Å². The van der Waals surface area contributed by atoms with Crippen molar-refractivity contribution in [1.82, 2.24) is 9.88 Å². The van der Waals surface area contributed by atoms with Crippen LogP contribution in [0.15, 0.2) is 66.7 Å². The molecule has 0 saturated carbocycles. The van der Waals surface area contributed by atoms with Crippen LogP contribution in [0.1, 0.15) is 40.6 Å². The topological polar surface area (TPSA) is 85.5 Å². The fraction of sp³-hybridized carbons (Fsp3) is 0.269. The number of pyridine rings is 1. The largest absolute Gasteiger partial charge is 0.368 e. The first-order chi connectivity index (χ1) is 16.0. The SMILES string of the molecule is NC(=O)c1ccc(-c2cccc([C@@H]3CN(C(=O)CCCc4ccc(F)cc4)CCO3)n2)cc1. The number of amides is 2. The molecule has 0 bridgehead atoms. The lowest BCUT2D eigenvalue weighted by molar-refractivity contribution is -0.139. The van der Waals surface area contributed by atoms with Gasteiger partial charge in [0, 0.05) is 24.1 Å². The fourth-order valence-electron chi connectivity index (χ4n) is 3.90. The number of ether oxygens (including phenoxy) is 1. The van der Waals surface area contributed by atoms with Crippen LogP contribution < -0.4 is 5.73 Å². The molecule has 4 rings (SSSR count). The number of hydrogen-bond donors (Lipinski definition) is 1. The first kappa shape index (κ1) is 22.6. The Balaban J connectivity index is 1.36. The summed E-state index contributed by atoms with van der Waals surface area (Å²) in [6, 6.07) is 19.1. The summed E-state index contributed by atoms with van der Waals surface area (Å²) in [7, 11) is 0. The van der Waals surface area contributed by atoms with Crippen LogP contribution in [0.3, 0.4) is 0 Å². The summed E-state index contributed by atoms with van der Waals surface area (Å²) >= 11 is 0. The molecule has 1 aromatic heterocycles. The van der Waals surface area contributed by atoms with E-state index in [0.29, 0.717) is 38.1 Å². The second-order valence-corrected chi connectivity index (χ2v) is 8.07. The summed E-state index contributed by atoms with van der Waals surface area (Å²) in [6.45, 7) is 1.46. The molecule has 0 unspecified atom stereocenters. The Morgan fingerprint density at radius 2 is 1.82 bits per heavy atom. The minimum absolute atomic E-state index is 0.0867. The number of morpholine rings is 1. The average Bonchev–Trinajstić information content (AvgIpc) is 2.85. The summed E-state index contributed by atoms with van der Waals surface area (Å²) in [5, 5.41) is 0. The monoisotopic (exact) mass is 447 g/mol. The van der Waals surface area contributed by atoms with Gasteiger partial charge in [-0.25, -0.2) is 9.37 Å². The zero-order valence-electron chi connectivity index (χ0n) is 18.2. The molecule has 1 aliphatic rings. The van der Waals surface area contributed by atoms with Gasteiger partial charge in [-0.15, -0.1) is 0 Å². The molecule has 2 N–H and O–H groups in total. The van der Waals surface area contributed by atoms with Crippen molar-refractivity contribution in [3.05, 3.63) is 89.4 Å². The highest BCUT2D eigenvalue weighted by atomic mass is 19.1. The first-order valence-electron chi connectivity index (χ1n) is 11.0. The number of nitrogens with zero attached hydrogens (tertiary/aromatic N) is 2. The van der Waals surface area contributed by atoms with Crippen molar-refractivity contribution in [1.29, 1.82) is 0 Å². The molecule has 6 nitrogen and oxygen atoms in total. The predicted molar refractivity (Wildman–Crippen MR) is 123 cm³/mol. The van der Waals surface area contributed by atoms with Crippen molar-refractivity contribution >= 4 is 11.8 Å². The van der Waals surface area contributed by atoms with E-state index in [-0.39, 0.29) is 17.8 Å². The molecule has 0 spiro atoms. The van der Waals surface area contributed by atoms with Crippen LogP contribution in [0, 0.1) is 5.82 Å². The van der Waals surface area contributed by atoms with E-state index in [9.17, 15) is 14.0 Å². The molecule has 33 heavy (non-hydrogen) atoms. The smallest absolute Gasteiger partial charge is 0.248 e. The summed E-state index contributed by atoms with van der Waals surface area (Å²) in [5.74, 6) is -0.639. The normalized spacial score (nSPS) is 15.9. The Morgan fingerprint density at radius 1 is 1.06 bits per heavy atom. The number of carbonyl (C=O) groups excluding carboxylic acids is 2. The molecule has 2 amide bonds. The van der Waals surface area contributed by atoms with Crippen LogP contribution in [0.4, 0.5) is 4.39 Å². The van der Waals surface area contributed by atoms with Crippen molar-refractivity contribution in [3.8, 4) is 11.3 Å². The average molecular weight is 448 g/mol. The van der Waals surface area contributed by atoms with Crippen LogP contribution in [0.25, 0.3) is 11.3 Å². The minimum Gasteiger partial charge on any atom is -0.368 e. The quantitative estimate of drug-likeness (QED) is 0.595. The lowest BCUT2D eigenvalue weighted by Gasteiger charge is -2.33. The van der Waals surface area contributed by atoms with Gasteiger partial charge in [0.2, 0.25) is 11.8 Å². The number of carbonyl (C=O) groups is 2. The molecule has 170 valence electrons. The summed E-state index contributed by atoms with van der Waals surface area (Å²) in [5.41, 5.74) is 9.16. The highest BCUT2D eigenvalue weighted by molar-refractivity contribution is 5.93. The predicted octanol–water partition coefficient (Wildman–Crippen LogP) is 3.91. The Morgan fingerprint density at radius 3 is 2.55 bits per heavy atom. The summed E-state index contributed by atoms with van der Waals surface area (Å²) < 4.78 is 18.9. The van der Waals surface area contributed by atoms with Crippen molar-refractivity contribution < 1.29 is 18.7 Å². The number of nitrogens with two attached hydrogens (primary N) is 1. The molecule has 1 fully saturated rings.